The molecule has 1 saturated carbocycles. The molecule has 0 saturated heterocycles. The van der Waals surface area contributed by atoms with Gasteiger partial charge in [-0.2, -0.15) is 5.10 Å². The first-order chi connectivity index (χ1) is 16.1. The molecule has 6 nitrogen and oxygen atoms in total. The molecule has 1 aromatic heterocycles. The van der Waals surface area contributed by atoms with Crippen LogP contribution in [0.1, 0.15) is 68.0 Å². The summed E-state index contributed by atoms with van der Waals surface area (Å²) >= 11 is 0. The Hall–Kier alpha value is -3.12. The molecule has 1 aromatic carbocycles. The summed E-state index contributed by atoms with van der Waals surface area (Å²) < 4.78 is 2.15. The lowest BCUT2D eigenvalue weighted by molar-refractivity contribution is 0.0754. The van der Waals surface area contributed by atoms with Crippen LogP contribution in [0, 0.1) is 0 Å². The number of hydroxylamine groups is 1. The Morgan fingerprint density at radius 2 is 2.12 bits per heavy atom. The van der Waals surface area contributed by atoms with E-state index in [1.807, 2.05) is 43.4 Å². The van der Waals surface area contributed by atoms with E-state index in [1.54, 1.807) is 0 Å². The fourth-order valence-corrected chi connectivity index (χ4v) is 4.42. The Kier molecular flexibility index (Phi) is 7.45. The van der Waals surface area contributed by atoms with Crippen LogP contribution >= 0.6 is 0 Å². The molecule has 0 bridgehead atoms. The van der Waals surface area contributed by atoms with Crippen molar-refractivity contribution in [3.05, 3.63) is 77.7 Å². The molecule has 1 fully saturated rings. The molecule has 33 heavy (non-hydrogen) atoms. The lowest BCUT2D eigenvalue weighted by Crippen LogP contribution is -2.38. The second-order valence-corrected chi connectivity index (χ2v) is 8.83. The van der Waals surface area contributed by atoms with Gasteiger partial charge in [-0.1, -0.05) is 62.8 Å². The number of nitrogens with one attached hydrogen (secondary N) is 2. The Labute approximate surface area is 196 Å². The van der Waals surface area contributed by atoms with Crippen molar-refractivity contribution >= 4 is 16.8 Å². The number of hydrogen-bond acceptors (Lipinski definition) is 4. The van der Waals surface area contributed by atoms with Crippen LogP contribution in [0.25, 0.3) is 10.9 Å². The minimum absolute atomic E-state index is 0.135. The first kappa shape index (κ1) is 23.1. The summed E-state index contributed by atoms with van der Waals surface area (Å²) in [5, 5.41) is 9.05. The highest BCUT2D eigenvalue weighted by Gasteiger charge is 2.22. The Morgan fingerprint density at radius 1 is 1.30 bits per heavy atom. The highest BCUT2D eigenvalue weighted by atomic mass is 16.6. The number of hydrogen-bond donors (Lipinski definition) is 2. The fourth-order valence-electron chi connectivity index (χ4n) is 4.42. The van der Waals surface area contributed by atoms with E-state index in [2.05, 4.69) is 41.1 Å². The molecule has 2 aliphatic rings. The van der Waals surface area contributed by atoms with Crippen molar-refractivity contribution in [3.63, 3.8) is 0 Å². The van der Waals surface area contributed by atoms with Crippen LogP contribution in [0.4, 0.5) is 0 Å². The second-order valence-electron chi connectivity index (χ2n) is 8.83. The molecule has 1 atom stereocenters. The number of carbonyl (C=O) groups excluding carboxylic acids is 1. The SMILES string of the molecule is C=C(NOCC1=CC=CCC=C1)C(C)NC(=O)c1ccc2c(CC)nn(C3CCCC3)c2c1. The molecule has 174 valence electrons. The monoisotopic (exact) mass is 446 g/mol. The van der Waals surface area contributed by atoms with Gasteiger partial charge in [0.15, 0.2) is 0 Å². The first-order valence-electron chi connectivity index (χ1n) is 12.0. The molecule has 1 unspecified atom stereocenters. The van der Waals surface area contributed by atoms with E-state index in [4.69, 9.17) is 9.94 Å². The molecular weight excluding hydrogens is 412 g/mol. The van der Waals surface area contributed by atoms with Crippen LogP contribution in [0.5, 0.6) is 0 Å². The van der Waals surface area contributed by atoms with Gasteiger partial charge < -0.3 is 5.32 Å². The number of aromatic nitrogens is 2. The van der Waals surface area contributed by atoms with Crippen molar-refractivity contribution in [1.82, 2.24) is 20.6 Å². The summed E-state index contributed by atoms with van der Waals surface area (Å²) in [7, 11) is 0. The summed E-state index contributed by atoms with van der Waals surface area (Å²) in [5.41, 5.74) is 7.32. The third-order valence-electron chi connectivity index (χ3n) is 6.41. The summed E-state index contributed by atoms with van der Waals surface area (Å²) in [6.07, 6.45) is 16.9. The number of benzene rings is 1. The van der Waals surface area contributed by atoms with E-state index in [9.17, 15) is 4.79 Å². The maximum Gasteiger partial charge on any atom is 0.251 e. The fraction of sp³-hybridized carbons (Fsp3) is 0.407. The van der Waals surface area contributed by atoms with Gasteiger partial charge >= 0.3 is 0 Å². The van der Waals surface area contributed by atoms with Crippen molar-refractivity contribution in [2.75, 3.05) is 6.61 Å². The molecule has 1 heterocycles. The summed E-state index contributed by atoms with van der Waals surface area (Å²) in [5.74, 6) is -0.135. The van der Waals surface area contributed by atoms with Crippen LogP contribution in [-0.2, 0) is 11.3 Å². The quantitative estimate of drug-likeness (QED) is 0.512. The van der Waals surface area contributed by atoms with E-state index in [0.717, 1.165) is 47.9 Å². The predicted octanol–water partition coefficient (Wildman–Crippen LogP) is 5.31. The number of fused-ring (bicyclic) bond motifs is 1. The topological polar surface area (TPSA) is 68.2 Å². The largest absolute Gasteiger partial charge is 0.344 e. The van der Waals surface area contributed by atoms with E-state index >= 15 is 0 Å². The molecule has 2 N–H and O–H groups in total. The van der Waals surface area contributed by atoms with E-state index < -0.39 is 0 Å². The van der Waals surface area contributed by atoms with Crippen molar-refractivity contribution in [1.29, 1.82) is 0 Å². The maximum atomic E-state index is 13.0. The van der Waals surface area contributed by atoms with Crippen LogP contribution in [-0.4, -0.2) is 28.3 Å². The van der Waals surface area contributed by atoms with Gasteiger partial charge in [0.1, 0.15) is 0 Å². The van der Waals surface area contributed by atoms with Gasteiger partial charge in [0, 0.05) is 10.9 Å². The van der Waals surface area contributed by atoms with Crippen molar-refractivity contribution in [2.24, 2.45) is 0 Å². The molecule has 2 aliphatic carbocycles. The molecular formula is C27H34N4O2. The van der Waals surface area contributed by atoms with Gasteiger partial charge in [0.05, 0.1) is 35.6 Å². The zero-order valence-corrected chi connectivity index (χ0v) is 19.6. The third-order valence-corrected chi connectivity index (χ3v) is 6.41. The van der Waals surface area contributed by atoms with Crippen molar-refractivity contribution in [3.8, 4) is 0 Å². The number of carbonyl (C=O) groups is 1. The van der Waals surface area contributed by atoms with Gasteiger partial charge in [-0.3, -0.25) is 19.8 Å². The normalized spacial score (nSPS) is 17.1. The Bertz CT molecular complexity index is 1100. The van der Waals surface area contributed by atoms with Crippen LogP contribution in [0.2, 0.25) is 0 Å². The maximum absolute atomic E-state index is 13.0. The number of rotatable bonds is 9. The average Bonchev–Trinajstić information content (AvgIpc) is 3.40. The molecule has 4 rings (SSSR count). The molecule has 2 aromatic rings. The molecule has 1 amide bonds. The summed E-state index contributed by atoms with van der Waals surface area (Å²) in [6.45, 7) is 8.45. The van der Waals surface area contributed by atoms with Crippen LogP contribution in [0.15, 0.2) is 66.4 Å². The standard InChI is InChI=1S/C27H34N4O2/c1-4-25-24-16-15-22(17-26(24)31(29-25)23-13-9-10-14-23)27(32)28-19(2)20(3)30-33-18-21-11-7-5-6-8-12-21/h5,7-8,11-12,15-17,19,23,30H,3-4,6,9-10,13-14,18H2,1-2H3,(H,28,32). The number of nitrogens with zero attached hydrogens (tertiary/aromatic N) is 2. The minimum atomic E-state index is -0.294. The number of amides is 1. The molecule has 6 heteroatoms. The van der Waals surface area contributed by atoms with Gasteiger partial charge in [0.25, 0.3) is 5.91 Å². The number of aryl methyl sites for hydroxylation is 1. The summed E-state index contributed by atoms with van der Waals surface area (Å²) in [4.78, 5) is 18.6. The summed E-state index contributed by atoms with van der Waals surface area (Å²) in [6, 6.07) is 6.03. The van der Waals surface area contributed by atoms with Gasteiger partial charge in [0.2, 0.25) is 0 Å². The minimum Gasteiger partial charge on any atom is -0.344 e. The highest BCUT2D eigenvalue weighted by molar-refractivity contribution is 5.98. The third kappa shape index (κ3) is 5.45. The average molecular weight is 447 g/mol. The van der Waals surface area contributed by atoms with E-state index in [0.29, 0.717) is 23.9 Å². The van der Waals surface area contributed by atoms with Crippen LogP contribution < -0.4 is 10.8 Å². The smallest absolute Gasteiger partial charge is 0.251 e. The lowest BCUT2D eigenvalue weighted by Gasteiger charge is -2.18. The van der Waals surface area contributed by atoms with Crippen molar-refractivity contribution < 1.29 is 9.63 Å². The van der Waals surface area contributed by atoms with Crippen LogP contribution in [0.3, 0.4) is 0 Å². The van der Waals surface area contributed by atoms with E-state index in [1.165, 1.54) is 12.8 Å². The zero-order valence-electron chi connectivity index (χ0n) is 19.6. The lowest BCUT2D eigenvalue weighted by atomic mass is 10.1. The Morgan fingerprint density at radius 3 is 2.91 bits per heavy atom. The van der Waals surface area contributed by atoms with E-state index in [-0.39, 0.29) is 11.9 Å². The number of allylic oxidation sites excluding steroid dienone is 4. The first-order valence-corrected chi connectivity index (χ1v) is 12.0. The highest BCUT2D eigenvalue weighted by Crippen LogP contribution is 2.33. The van der Waals surface area contributed by atoms with Gasteiger partial charge in [-0.15, -0.1) is 0 Å². The van der Waals surface area contributed by atoms with Crippen molar-refractivity contribution in [2.45, 2.75) is 64.5 Å². The Balaban J connectivity index is 1.39. The predicted molar refractivity (Wildman–Crippen MR) is 133 cm³/mol. The molecule has 0 spiro atoms. The molecule has 0 aliphatic heterocycles. The molecule has 0 radical (unpaired) electrons. The van der Waals surface area contributed by atoms with Gasteiger partial charge in [-0.05, 0) is 50.3 Å². The second kappa shape index (κ2) is 10.7. The van der Waals surface area contributed by atoms with Gasteiger partial charge in [-0.25, -0.2) is 0 Å². The zero-order chi connectivity index (χ0) is 23.2.